The first-order valence-corrected chi connectivity index (χ1v) is 9.19. The number of thioether (sulfide) groups is 1. The van der Waals surface area contributed by atoms with Gasteiger partial charge in [0.2, 0.25) is 17.7 Å². The molecule has 24 heavy (non-hydrogen) atoms. The summed E-state index contributed by atoms with van der Waals surface area (Å²) in [4.78, 5) is 48.1. The highest BCUT2D eigenvalue weighted by Gasteiger charge is 2.38. The van der Waals surface area contributed by atoms with E-state index in [2.05, 4.69) is 5.32 Å². The Morgan fingerprint density at radius 3 is 2.50 bits per heavy atom. The molecule has 3 amide bonds. The molecule has 0 radical (unpaired) electrons. The molecule has 0 saturated carbocycles. The molecular weight excluding hydrogens is 332 g/mol. The number of imide groups is 1. The summed E-state index contributed by atoms with van der Waals surface area (Å²) >= 11 is 1.36. The number of amides is 3. The van der Waals surface area contributed by atoms with Gasteiger partial charge in [0.15, 0.2) is 0 Å². The number of hydrogen-bond donors (Lipinski definition) is 1. The molecule has 1 aliphatic rings. The number of likely N-dealkylation sites (tertiary alicyclic amines) is 1. The zero-order valence-corrected chi connectivity index (χ0v) is 15.5. The molecule has 0 aromatic rings. The molecule has 1 rings (SSSR count). The fourth-order valence-corrected chi connectivity index (χ4v) is 3.04. The number of carbonyl (C=O) groups is 4. The second-order valence-corrected chi connectivity index (χ2v) is 7.53. The lowest BCUT2D eigenvalue weighted by Gasteiger charge is -2.15. The monoisotopic (exact) mass is 358 g/mol. The average Bonchev–Trinajstić information content (AvgIpc) is 2.78. The predicted molar refractivity (Wildman–Crippen MR) is 91.2 cm³/mol. The first-order valence-electron chi connectivity index (χ1n) is 8.14. The van der Waals surface area contributed by atoms with Crippen LogP contribution in [0.15, 0.2) is 0 Å². The minimum atomic E-state index is -0.422. The van der Waals surface area contributed by atoms with Crippen molar-refractivity contribution in [2.75, 3.05) is 25.4 Å². The van der Waals surface area contributed by atoms with Gasteiger partial charge in [0, 0.05) is 24.6 Å². The van der Waals surface area contributed by atoms with E-state index in [0.717, 1.165) is 4.90 Å². The molecule has 0 aromatic heterocycles. The van der Waals surface area contributed by atoms with Crippen LogP contribution in [0.2, 0.25) is 0 Å². The van der Waals surface area contributed by atoms with Gasteiger partial charge in [-0.15, -0.1) is 11.8 Å². The van der Waals surface area contributed by atoms with Crippen molar-refractivity contribution in [3.05, 3.63) is 0 Å². The summed E-state index contributed by atoms with van der Waals surface area (Å²) < 4.78 is 5.01. The van der Waals surface area contributed by atoms with Crippen molar-refractivity contribution >= 4 is 35.5 Å². The van der Waals surface area contributed by atoms with Gasteiger partial charge in [-0.2, -0.15) is 0 Å². The van der Waals surface area contributed by atoms with Gasteiger partial charge in [0.1, 0.15) is 6.61 Å². The number of esters is 1. The molecule has 1 N–H and O–H groups in total. The van der Waals surface area contributed by atoms with E-state index < -0.39 is 5.25 Å². The van der Waals surface area contributed by atoms with Gasteiger partial charge in [-0.3, -0.25) is 24.1 Å². The molecule has 1 aliphatic heterocycles. The van der Waals surface area contributed by atoms with Crippen molar-refractivity contribution in [3.63, 3.8) is 0 Å². The number of carbonyl (C=O) groups excluding carboxylic acids is 4. The Bertz CT molecular complexity index is 493. The Hall–Kier alpha value is -1.57. The maximum Gasteiger partial charge on any atom is 0.308 e. The molecule has 1 atom stereocenters. The van der Waals surface area contributed by atoms with Crippen LogP contribution in [0.25, 0.3) is 0 Å². The van der Waals surface area contributed by atoms with Crippen LogP contribution in [0.4, 0.5) is 0 Å². The van der Waals surface area contributed by atoms with Crippen molar-refractivity contribution in [1.29, 1.82) is 0 Å². The fraction of sp³-hybridized carbons (Fsp3) is 0.750. The number of hydrogen-bond acceptors (Lipinski definition) is 6. The molecule has 136 valence electrons. The summed E-state index contributed by atoms with van der Waals surface area (Å²) in [6.07, 6.45) is 0.153. The van der Waals surface area contributed by atoms with E-state index in [4.69, 9.17) is 4.74 Å². The molecule has 0 aliphatic carbocycles. The van der Waals surface area contributed by atoms with Crippen LogP contribution < -0.4 is 5.32 Å². The summed E-state index contributed by atoms with van der Waals surface area (Å²) in [6, 6.07) is 0. The molecule has 1 fully saturated rings. The summed E-state index contributed by atoms with van der Waals surface area (Å²) in [6.45, 7) is 7.65. The van der Waals surface area contributed by atoms with Crippen LogP contribution in [0, 0.1) is 11.8 Å². The average molecular weight is 358 g/mol. The summed E-state index contributed by atoms with van der Waals surface area (Å²) in [7, 11) is 0. The maximum absolute atomic E-state index is 12.2. The van der Waals surface area contributed by atoms with Crippen LogP contribution in [0.3, 0.4) is 0 Å². The minimum Gasteiger partial charge on any atom is -0.464 e. The SMILES string of the molecule is CC(C)C(=O)NCCSC1CC(=O)N(CCOC(=O)C(C)C)C1=O. The molecule has 1 heterocycles. The first kappa shape index (κ1) is 20.5. The number of ether oxygens (including phenoxy) is 1. The Balaban J connectivity index is 2.33. The molecular formula is C16H26N2O5S. The highest BCUT2D eigenvalue weighted by molar-refractivity contribution is 8.00. The number of rotatable bonds is 9. The van der Waals surface area contributed by atoms with Crippen molar-refractivity contribution in [1.82, 2.24) is 10.2 Å². The van der Waals surface area contributed by atoms with E-state index >= 15 is 0 Å². The molecule has 8 heteroatoms. The van der Waals surface area contributed by atoms with Crippen LogP contribution in [-0.2, 0) is 23.9 Å². The summed E-state index contributed by atoms with van der Waals surface area (Å²) in [5.41, 5.74) is 0. The van der Waals surface area contributed by atoms with Crippen LogP contribution in [0.1, 0.15) is 34.1 Å². The Labute approximate surface area is 146 Å². The Kier molecular flexibility index (Phi) is 8.24. The topological polar surface area (TPSA) is 92.8 Å². The van der Waals surface area contributed by atoms with Crippen molar-refractivity contribution in [2.45, 2.75) is 39.4 Å². The van der Waals surface area contributed by atoms with E-state index in [9.17, 15) is 19.2 Å². The second kappa shape index (κ2) is 9.66. The normalized spacial score (nSPS) is 17.8. The Morgan fingerprint density at radius 1 is 1.25 bits per heavy atom. The third kappa shape index (κ3) is 6.14. The van der Waals surface area contributed by atoms with Gasteiger partial charge >= 0.3 is 5.97 Å². The number of nitrogens with zero attached hydrogens (tertiary/aromatic N) is 1. The van der Waals surface area contributed by atoms with E-state index in [1.807, 2.05) is 13.8 Å². The largest absolute Gasteiger partial charge is 0.464 e. The van der Waals surface area contributed by atoms with Gasteiger partial charge in [-0.1, -0.05) is 27.7 Å². The third-order valence-electron chi connectivity index (χ3n) is 3.48. The zero-order valence-electron chi connectivity index (χ0n) is 14.7. The highest BCUT2D eigenvalue weighted by atomic mass is 32.2. The maximum atomic E-state index is 12.2. The van der Waals surface area contributed by atoms with Crippen LogP contribution in [-0.4, -0.2) is 59.3 Å². The summed E-state index contributed by atoms with van der Waals surface area (Å²) in [5, 5.41) is 2.35. The van der Waals surface area contributed by atoms with E-state index in [-0.39, 0.29) is 55.1 Å². The molecule has 0 bridgehead atoms. The van der Waals surface area contributed by atoms with Gasteiger partial charge in [-0.05, 0) is 0 Å². The third-order valence-corrected chi connectivity index (χ3v) is 4.69. The van der Waals surface area contributed by atoms with E-state index in [1.165, 1.54) is 11.8 Å². The fourth-order valence-electron chi connectivity index (χ4n) is 2.00. The van der Waals surface area contributed by atoms with Gasteiger partial charge < -0.3 is 10.1 Å². The van der Waals surface area contributed by atoms with E-state index in [0.29, 0.717) is 12.3 Å². The van der Waals surface area contributed by atoms with Crippen molar-refractivity contribution < 1.29 is 23.9 Å². The lowest BCUT2D eigenvalue weighted by molar-refractivity contribution is -0.150. The molecule has 0 aromatic carbocycles. The molecule has 1 unspecified atom stereocenters. The lowest BCUT2D eigenvalue weighted by Crippen LogP contribution is -2.35. The predicted octanol–water partition coefficient (Wildman–Crippen LogP) is 0.818. The van der Waals surface area contributed by atoms with Crippen molar-refractivity contribution in [2.24, 2.45) is 11.8 Å². The van der Waals surface area contributed by atoms with Crippen LogP contribution >= 0.6 is 11.8 Å². The molecule has 1 saturated heterocycles. The second-order valence-electron chi connectivity index (χ2n) is 6.22. The number of nitrogens with one attached hydrogen (secondary N) is 1. The lowest BCUT2D eigenvalue weighted by atomic mass is 10.2. The zero-order chi connectivity index (χ0) is 18.3. The molecule has 0 spiro atoms. The summed E-state index contributed by atoms with van der Waals surface area (Å²) in [5.74, 6) is -0.615. The van der Waals surface area contributed by atoms with Gasteiger partial charge in [0.05, 0.1) is 17.7 Å². The van der Waals surface area contributed by atoms with Crippen molar-refractivity contribution in [3.8, 4) is 0 Å². The van der Waals surface area contributed by atoms with Gasteiger partial charge in [-0.25, -0.2) is 0 Å². The smallest absolute Gasteiger partial charge is 0.308 e. The quantitative estimate of drug-likeness (QED) is 0.373. The van der Waals surface area contributed by atoms with E-state index in [1.54, 1.807) is 13.8 Å². The van der Waals surface area contributed by atoms with Crippen LogP contribution in [0.5, 0.6) is 0 Å². The van der Waals surface area contributed by atoms with Gasteiger partial charge in [0.25, 0.3) is 0 Å². The Morgan fingerprint density at radius 2 is 1.92 bits per heavy atom. The first-order chi connectivity index (χ1) is 11.2. The standard InChI is InChI=1S/C16H26N2O5S/c1-10(2)14(20)17-5-8-24-12-9-13(19)18(15(12)21)6-7-23-16(22)11(3)4/h10-12H,5-9H2,1-4H3,(H,17,20). The highest BCUT2D eigenvalue weighted by Crippen LogP contribution is 2.24. The minimum absolute atomic E-state index is 0.0241. The molecule has 7 nitrogen and oxygen atoms in total.